The van der Waals surface area contributed by atoms with Crippen LogP contribution in [0.25, 0.3) is 0 Å². The van der Waals surface area contributed by atoms with Gasteiger partial charge in [-0.25, -0.2) is 0 Å². The maximum atomic E-state index is 13.0. The molecule has 0 saturated heterocycles. The van der Waals surface area contributed by atoms with Gasteiger partial charge in [0.15, 0.2) is 0 Å². The lowest BCUT2D eigenvalue weighted by atomic mass is 10.0. The third kappa shape index (κ3) is 2.62. The maximum Gasteiger partial charge on any atom is 0.416 e. The minimum Gasteiger partial charge on any atom is -0.497 e. The Morgan fingerprint density at radius 2 is 1.75 bits per heavy atom. The van der Waals surface area contributed by atoms with Crippen LogP contribution in [0.2, 0.25) is 0 Å². The van der Waals surface area contributed by atoms with Gasteiger partial charge in [-0.1, -0.05) is 0 Å². The van der Waals surface area contributed by atoms with Crippen molar-refractivity contribution in [2.45, 2.75) is 31.5 Å². The lowest BCUT2D eigenvalue weighted by Crippen LogP contribution is -2.29. The van der Waals surface area contributed by atoms with Crippen molar-refractivity contribution < 1.29 is 17.9 Å². The summed E-state index contributed by atoms with van der Waals surface area (Å²) in [6.07, 6.45) is -1.32. The second-order valence-electron chi connectivity index (χ2n) is 6.52. The third-order valence-electron chi connectivity index (χ3n) is 4.94. The summed E-state index contributed by atoms with van der Waals surface area (Å²) < 4.78 is 44.2. The van der Waals surface area contributed by atoms with E-state index >= 15 is 0 Å². The van der Waals surface area contributed by atoms with Gasteiger partial charge in [-0.2, -0.15) is 13.2 Å². The molecule has 126 valence electrons. The lowest BCUT2D eigenvalue weighted by molar-refractivity contribution is -0.137. The minimum atomic E-state index is -4.29. The van der Waals surface area contributed by atoms with E-state index in [0.29, 0.717) is 12.3 Å². The fraction of sp³-hybridized carbons (Fsp3) is 0.368. The molecular weight excluding hydrogens is 315 g/mol. The zero-order valence-corrected chi connectivity index (χ0v) is 13.3. The van der Waals surface area contributed by atoms with E-state index in [0.717, 1.165) is 35.5 Å². The highest BCUT2D eigenvalue weighted by molar-refractivity contribution is 5.72. The number of nitrogens with zero attached hydrogens (tertiary/aromatic N) is 1. The number of hydrogen-bond acceptors (Lipinski definition) is 2. The predicted molar refractivity (Wildman–Crippen MR) is 86.8 cm³/mol. The van der Waals surface area contributed by atoms with Crippen LogP contribution in [0, 0.1) is 5.92 Å². The first-order valence-corrected chi connectivity index (χ1v) is 8.11. The van der Waals surface area contributed by atoms with Crippen LogP contribution in [0.4, 0.5) is 24.5 Å². The van der Waals surface area contributed by atoms with E-state index in [4.69, 9.17) is 4.74 Å². The molecule has 0 aromatic heterocycles. The molecule has 1 aliphatic heterocycles. The highest BCUT2D eigenvalue weighted by Gasteiger charge is 2.42. The van der Waals surface area contributed by atoms with Crippen LogP contribution >= 0.6 is 0 Å². The molecule has 2 nitrogen and oxygen atoms in total. The first kappa shape index (κ1) is 15.4. The highest BCUT2D eigenvalue weighted by atomic mass is 19.4. The van der Waals surface area contributed by atoms with Crippen molar-refractivity contribution in [3.05, 3.63) is 53.6 Å². The molecule has 24 heavy (non-hydrogen) atoms. The summed E-state index contributed by atoms with van der Waals surface area (Å²) in [6.45, 7) is 0. The molecule has 2 aromatic carbocycles. The fourth-order valence-electron chi connectivity index (χ4n) is 3.59. The summed E-state index contributed by atoms with van der Waals surface area (Å²) in [5.74, 6) is 1.34. The molecule has 0 spiro atoms. The van der Waals surface area contributed by atoms with Gasteiger partial charge < -0.3 is 9.64 Å². The van der Waals surface area contributed by atoms with Gasteiger partial charge in [-0.15, -0.1) is 0 Å². The molecule has 4 rings (SSSR count). The van der Waals surface area contributed by atoms with Crippen molar-refractivity contribution in [2.24, 2.45) is 5.92 Å². The molecule has 1 unspecified atom stereocenters. The quantitative estimate of drug-likeness (QED) is 0.767. The Balaban J connectivity index is 1.74. The van der Waals surface area contributed by atoms with Gasteiger partial charge in [0.2, 0.25) is 0 Å². The van der Waals surface area contributed by atoms with Crippen LogP contribution in [-0.2, 0) is 12.6 Å². The molecule has 0 N–H and O–H groups in total. The first-order chi connectivity index (χ1) is 11.5. The number of alkyl halides is 3. The summed E-state index contributed by atoms with van der Waals surface area (Å²) in [5.41, 5.74) is 2.13. The largest absolute Gasteiger partial charge is 0.497 e. The van der Waals surface area contributed by atoms with Crippen molar-refractivity contribution in [3.63, 3.8) is 0 Å². The van der Waals surface area contributed by atoms with Crippen molar-refractivity contribution in [1.29, 1.82) is 0 Å². The van der Waals surface area contributed by atoms with Gasteiger partial charge in [0, 0.05) is 17.4 Å². The van der Waals surface area contributed by atoms with Crippen LogP contribution in [0.3, 0.4) is 0 Å². The van der Waals surface area contributed by atoms with E-state index in [9.17, 15) is 13.2 Å². The van der Waals surface area contributed by atoms with E-state index in [1.54, 1.807) is 13.2 Å². The van der Waals surface area contributed by atoms with Gasteiger partial charge in [0.25, 0.3) is 0 Å². The Labute approximate surface area is 138 Å². The molecule has 1 saturated carbocycles. The van der Waals surface area contributed by atoms with Gasteiger partial charge in [-0.05, 0) is 73.2 Å². The van der Waals surface area contributed by atoms with Gasteiger partial charge >= 0.3 is 6.18 Å². The van der Waals surface area contributed by atoms with E-state index in [1.807, 2.05) is 24.3 Å². The zero-order valence-electron chi connectivity index (χ0n) is 13.3. The van der Waals surface area contributed by atoms with Crippen LogP contribution in [0.15, 0.2) is 42.5 Å². The van der Waals surface area contributed by atoms with Crippen LogP contribution in [-0.4, -0.2) is 13.2 Å². The van der Waals surface area contributed by atoms with Gasteiger partial charge in [-0.3, -0.25) is 0 Å². The number of rotatable bonds is 3. The van der Waals surface area contributed by atoms with E-state index in [2.05, 4.69) is 4.90 Å². The number of methoxy groups -OCH3 is 1. The monoisotopic (exact) mass is 333 g/mol. The van der Waals surface area contributed by atoms with Crippen LogP contribution in [0.1, 0.15) is 24.0 Å². The summed E-state index contributed by atoms with van der Waals surface area (Å²) in [7, 11) is 1.62. The third-order valence-corrected chi connectivity index (χ3v) is 4.94. The molecular formula is C19H18F3NO. The lowest BCUT2D eigenvalue weighted by Gasteiger charge is -2.28. The average Bonchev–Trinajstić information content (AvgIpc) is 3.34. The molecule has 2 aromatic rings. The smallest absolute Gasteiger partial charge is 0.416 e. The van der Waals surface area contributed by atoms with E-state index in [-0.39, 0.29) is 6.04 Å². The van der Waals surface area contributed by atoms with Crippen molar-refractivity contribution in [1.82, 2.24) is 0 Å². The number of ether oxygens (including phenoxy) is 1. The number of benzene rings is 2. The average molecular weight is 333 g/mol. The van der Waals surface area contributed by atoms with Crippen LogP contribution in [0.5, 0.6) is 5.75 Å². The fourth-order valence-corrected chi connectivity index (χ4v) is 3.59. The normalized spacial score (nSPS) is 20.2. The Kier molecular flexibility index (Phi) is 3.48. The molecule has 1 fully saturated rings. The van der Waals surface area contributed by atoms with Gasteiger partial charge in [0.1, 0.15) is 5.75 Å². The first-order valence-electron chi connectivity index (χ1n) is 8.11. The summed E-state index contributed by atoms with van der Waals surface area (Å²) in [4.78, 5) is 2.20. The summed E-state index contributed by atoms with van der Waals surface area (Å²) in [6, 6.07) is 12.1. The minimum absolute atomic E-state index is 0.247. The van der Waals surface area contributed by atoms with Crippen LogP contribution < -0.4 is 9.64 Å². The second-order valence-corrected chi connectivity index (χ2v) is 6.52. The number of hydrogen-bond donors (Lipinski definition) is 0. The van der Waals surface area contributed by atoms with E-state index in [1.165, 1.54) is 12.1 Å². The standard InChI is InChI=1S/C19H18F3NO/c1-24-16-7-5-15(6-8-16)23-17-9-4-14(19(20,21)22)10-13(17)11-18(23)12-2-3-12/h4-10,12,18H,2-3,11H2,1H3. The van der Waals surface area contributed by atoms with E-state index < -0.39 is 11.7 Å². The SMILES string of the molecule is COc1ccc(N2c3ccc(C(F)(F)F)cc3CC2C2CC2)cc1. The Bertz CT molecular complexity index is 750. The van der Waals surface area contributed by atoms with Crippen molar-refractivity contribution in [3.8, 4) is 5.75 Å². The molecule has 2 aliphatic rings. The Morgan fingerprint density at radius 3 is 2.33 bits per heavy atom. The molecule has 1 heterocycles. The molecule has 0 radical (unpaired) electrons. The topological polar surface area (TPSA) is 12.5 Å². The van der Waals surface area contributed by atoms with Crippen molar-refractivity contribution in [2.75, 3.05) is 12.0 Å². The molecule has 1 atom stereocenters. The van der Waals surface area contributed by atoms with Gasteiger partial charge in [0.05, 0.1) is 12.7 Å². The summed E-state index contributed by atoms with van der Waals surface area (Å²) in [5, 5.41) is 0. The number of fused-ring (bicyclic) bond motifs is 1. The number of anilines is 2. The Hall–Kier alpha value is -2.17. The molecule has 1 aliphatic carbocycles. The maximum absolute atomic E-state index is 13.0. The second kappa shape index (κ2) is 5.43. The predicted octanol–water partition coefficient (Wildman–Crippen LogP) is 5.19. The Morgan fingerprint density at radius 1 is 1.04 bits per heavy atom. The number of halogens is 3. The molecule has 0 amide bonds. The summed E-state index contributed by atoms with van der Waals surface area (Å²) >= 11 is 0. The zero-order chi connectivity index (χ0) is 16.9. The highest BCUT2D eigenvalue weighted by Crippen LogP contribution is 2.48. The molecule has 5 heteroatoms. The van der Waals surface area contributed by atoms with Crippen molar-refractivity contribution >= 4 is 11.4 Å². The molecule has 0 bridgehead atoms.